The van der Waals surface area contributed by atoms with Crippen LogP contribution in [-0.2, 0) is 16.5 Å². The maximum Gasteiger partial charge on any atom is 0.349 e. The number of hydrogen-bond donors (Lipinski definition) is 1. The summed E-state index contributed by atoms with van der Waals surface area (Å²) in [6, 6.07) is 6.39. The molecule has 0 atom stereocenters. The Balaban J connectivity index is 1.55. The fraction of sp³-hybridized carbons (Fsp3) is 0.476. The highest BCUT2D eigenvalue weighted by Crippen LogP contribution is 2.31. The first kappa shape index (κ1) is 20.0. The van der Waals surface area contributed by atoms with Crippen LogP contribution in [0, 0.1) is 0 Å². The Bertz CT molecular complexity index is 1010. The van der Waals surface area contributed by atoms with E-state index in [2.05, 4.69) is 21.4 Å². The van der Waals surface area contributed by atoms with E-state index in [1.54, 1.807) is 30.1 Å². The molecule has 1 saturated carbocycles. The van der Waals surface area contributed by atoms with Gasteiger partial charge in [-0.15, -0.1) is 11.3 Å². The van der Waals surface area contributed by atoms with E-state index >= 15 is 0 Å². The van der Waals surface area contributed by atoms with Crippen molar-refractivity contribution in [3.05, 3.63) is 40.4 Å². The number of anilines is 1. The van der Waals surface area contributed by atoms with E-state index in [-0.39, 0.29) is 17.8 Å². The average Bonchev–Trinajstić information content (AvgIpc) is 3.28. The molecule has 0 unspecified atom stereocenters. The molecular formula is C21H26N4O3S. The van der Waals surface area contributed by atoms with Gasteiger partial charge in [0, 0.05) is 31.8 Å². The molecule has 4 rings (SSSR count). The Hall–Kier alpha value is -2.29. The molecule has 0 aliphatic heterocycles. The molecule has 3 aromatic rings. The van der Waals surface area contributed by atoms with Gasteiger partial charge in [0.2, 0.25) is 0 Å². The highest BCUT2D eigenvalue weighted by Gasteiger charge is 2.23. The molecule has 0 saturated heterocycles. The van der Waals surface area contributed by atoms with Gasteiger partial charge in [0.15, 0.2) is 0 Å². The molecule has 2 heterocycles. The van der Waals surface area contributed by atoms with Crippen LogP contribution in [0.15, 0.2) is 34.7 Å². The van der Waals surface area contributed by atoms with Crippen LogP contribution >= 0.6 is 11.3 Å². The zero-order valence-corrected chi connectivity index (χ0v) is 17.6. The van der Waals surface area contributed by atoms with Crippen molar-refractivity contribution in [2.45, 2.75) is 37.8 Å². The fourth-order valence-electron chi connectivity index (χ4n) is 3.84. The Kier molecular flexibility index (Phi) is 6.22. The molecule has 1 fully saturated rings. The van der Waals surface area contributed by atoms with Crippen molar-refractivity contribution >= 4 is 28.1 Å². The van der Waals surface area contributed by atoms with Gasteiger partial charge in [-0.3, -0.25) is 9.55 Å². The van der Waals surface area contributed by atoms with Gasteiger partial charge in [0.1, 0.15) is 5.82 Å². The van der Waals surface area contributed by atoms with Crippen molar-refractivity contribution in [3.63, 3.8) is 0 Å². The summed E-state index contributed by atoms with van der Waals surface area (Å²) in [6.07, 6.45) is 6.12. The summed E-state index contributed by atoms with van der Waals surface area (Å²) >= 11 is 1.60. The molecule has 2 aromatic heterocycles. The highest BCUT2D eigenvalue weighted by molar-refractivity contribution is 7.13. The zero-order chi connectivity index (χ0) is 20.2. The lowest BCUT2D eigenvalue weighted by molar-refractivity contribution is -0.00155. The smallest absolute Gasteiger partial charge is 0.349 e. The lowest BCUT2D eigenvalue weighted by atomic mass is 9.93. The predicted octanol–water partition coefficient (Wildman–Crippen LogP) is 3.44. The second-order valence-corrected chi connectivity index (χ2v) is 8.27. The summed E-state index contributed by atoms with van der Waals surface area (Å²) in [6.45, 7) is 1.27. The second-order valence-electron chi connectivity index (χ2n) is 7.38. The monoisotopic (exact) mass is 414 g/mol. The third kappa shape index (κ3) is 4.49. The van der Waals surface area contributed by atoms with E-state index in [1.165, 1.54) is 0 Å². The zero-order valence-electron chi connectivity index (χ0n) is 16.8. The maximum atomic E-state index is 12.4. The fourth-order valence-corrected chi connectivity index (χ4v) is 4.46. The summed E-state index contributed by atoms with van der Waals surface area (Å²) < 4.78 is 12.5. The molecule has 1 aromatic carbocycles. The number of fused-ring (bicyclic) bond motifs is 1. The van der Waals surface area contributed by atoms with E-state index in [0.29, 0.717) is 19.0 Å². The SMILES string of the molecule is COCCO[C@H]1CC[C@@H](Nc2nc(=O)n(C)c3ccc(-c4cncs4)cc23)CC1. The molecular weight excluding hydrogens is 388 g/mol. The molecule has 1 N–H and O–H groups in total. The van der Waals surface area contributed by atoms with Gasteiger partial charge < -0.3 is 14.8 Å². The first-order chi connectivity index (χ1) is 14.2. The van der Waals surface area contributed by atoms with Crippen LogP contribution in [0.1, 0.15) is 25.7 Å². The number of ether oxygens (including phenoxy) is 2. The van der Waals surface area contributed by atoms with Crippen LogP contribution in [0.4, 0.5) is 5.82 Å². The molecule has 1 aliphatic carbocycles. The van der Waals surface area contributed by atoms with Crippen LogP contribution in [0.2, 0.25) is 0 Å². The van der Waals surface area contributed by atoms with Crippen molar-refractivity contribution in [2.75, 3.05) is 25.6 Å². The number of methoxy groups -OCH3 is 1. The molecule has 8 heteroatoms. The van der Waals surface area contributed by atoms with Gasteiger partial charge in [0.05, 0.1) is 35.2 Å². The van der Waals surface area contributed by atoms with Crippen molar-refractivity contribution in [2.24, 2.45) is 7.05 Å². The number of hydrogen-bond acceptors (Lipinski definition) is 7. The number of benzene rings is 1. The lowest BCUT2D eigenvalue weighted by Crippen LogP contribution is -2.32. The minimum atomic E-state index is -0.248. The van der Waals surface area contributed by atoms with E-state index < -0.39 is 0 Å². The summed E-state index contributed by atoms with van der Waals surface area (Å²) in [5, 5.41) is 4.49. The van der Waals surface area contributed by atoms with Gasteiger partial charge in [-0.1, -0.05) is 6.07 Å². The number of rotatable bonds is 7. The van der Waals surface area contributed by atoms with Gasteiger partial charge in [-0.2, -0.15) is 4.98 Å². The summed E-state index contributed by atoms with van der Waals surface area (Å²) in [4.78, 5) is 22.0. The Morgan fingerprint density at radius 2 is 2.07 bits per heavy atom. The van der Waals surface area contributed by atoms with E-state index in [0.717, 1.165) is 47.0 Å². The minimum absolute atomic E-state index is 0.248. The molecule has 29 heavy (non-hydrogen) atoms. The van der Waals surface area contributed by atoms with Crippen LogP contribution < -0.4 is 11.0 Å². The topological polar surface area (TPSA) is 78.3 Å². The van der Waals surface area contributed by atoms with Crippen molar-refractivity contribution in [1.29, 1.82) is 0 Å². The summed E-state index contributed by atoms with van der Waals surface area (Å²) in [7, 11) is 3.45. The number of aryl methyl sites for hydroxylation is 1. The second kappa shape index (κ2) is 9.02. The van der Waals surface area contributed by atoms with Gasteiger partial charge >= 0.3 is 5.69 Å². The number of thiazole rings is 1. The van der Waals surface area contributed by atoms with Crippen LogP contribution in [-0.4, -0.2) is 47.0 Å². The molecule has 0 bridgehead atoms. The first-order valence-corrected chi connectivity index (χ1v) is 10.8. The molecule has 0 amide bonds. The Morgan fingerprint density at radius 1 is 1.24 bits per heavy atom. The van der Waals surface area contributed by atoms with E-state index in [9.17, 15) is 4.79 Å². The minimum Gasteiger partial charge on any atom is -0.382 e. The van der Waals surface area contributed by atoms with E-state index in [4.69, 9.17) is 9.47 Å². The standard InChI is InChI=1S/C21H26N4O3S/c1-25-18-8-3-14(19-12-22-13-29-19)11-17(18)20(24-21(25)26)23-15-4-6-16(7-5-15)28-10-9-27-2/h3,8,11-13,15-16H,4-7,9-10H2,1-2H3,(H,23,24,26)/t15-,16+. The van der Waals surface area contributed by atoms with Gasteiger partial charge in [0.25, 0.3) is 0 Å². The third-order valence-electron chi connectivity index (χ3n) is 5.48. The van der Waals surface area contributed by atoms with Crippen molar-refractivity contribution in [1.82, 2.24) is 14.5 Å². The molecule has 0 spiro atoms. The summed E-state index contributed by atoms with van der Waals surface area (Å²) in [5.41, 5.74) is 3.53. The molecule has 154 valence electrons. The normalized spacial score (nSPS) is 19.5. The number of aromatic nitrogens is 3. The van der Waals surface area contributed by atoms with Gasteiger partial charge in [-0.05, 0) is 43.4 Å². The predicted molar refractivity (Wildman–Crippen MR) is 116 cm³/mol. The lowest BCUT2D eigenvalue weighted by Gasteiger charge is -2.29. The highest BCUT2D eigenvalue weighted by atomic mass is 32.1. The summed E-state index contributed by atoms with van der Waals surface area (Å²) in [5.74, 6) is 0.665. The average molecular weight is 415 g/mol. The van der Waals surface area contributed by atoms with Gasteiger partial charge in [-0.25, -0.2) is 4.79 Å². The molecule has 0 radical (unpaired) electrons. The van der Waals surface area contributed by atoms with E-state index in [1.807, 2.05) is 23.8 Å². The van der Waals surface area contributed by atoms with Crippen LogP contribution in [0.5, 0.6) is 0 Å². The van der Waals surface area contributed by atoms with Crippen molar-refractivity contribution in [3.8, 4) is 10.4 Å². The molecule has 1 aliphatic rings. The van der Waals surface area contributed by atoms with Crippen molar-refractivity contribution < 1.29 is 9.47 Å². The third-order valence-corrected chi connectivity index (χ3v) is 6.30. The number of nitrogens with one attached hydrogen (secondary N) is 1. The maximum absolute atomic E-state index is 12.4. The Labute approximate surface area is 173 Å². The van der Waals surface area contributed by atoms with Crippen LogP contribution in [0.3, 0.4) is 0 Å². The number of nitrogens with zero attached hydrogens (tertiary/aromatic N) is 3. The quantitative estimate of drug-likeness (QED) is 0.597. The Morgan fingerprint density at radius 3 is 2.79 bits per heavy atom. The molecule has 7 nitrogen and oxygen atoms in total. The largest absolute Gasteiger partial charge is 0.382 e. The van der Waals surface area contributed by atoms with Crippen LogP contribution in [0.25, 0.3) is 21.3 Å². The first-order valence-electron chi connectivity index (χ1n) is 9.92.